The molecule has 0 bridgehead atoms. The molecule has 120 valence electrons. The molecule has 3 rings (SSSR count). The minimum absolute atomic E-state index is 0.302. The monoisotopic (exact) mass is 321 g/mol. The van der Waals surface area contributed by atoms with Crippen LogP contribution in [0.1, 0.15) is 16.7 Å². The topological polar surface area (TPSA) is 59.2 Å². The number of pyridine rings is 1. The zero-order chi connectivity index (χ0) is 16.6. The summed E-state index contributed by atoms with van der Waals surface area (Å²) in [5.41, 5.74) is 6.66. The molecule has 0 aliphatic carbocycles. The minimum Gasteiger partial charge on any atom is -0.368 e. The number of aromatic nitrogens is 1. The number of nitrogens with zero attached hydrogens (tertiary/aromatic N) is 2. The van der Waals surface area contributed by atoms with Crippen molar-refractivity contribution in [3.8, 4) is 0 Å². The maximum atomic E-state index is 12.6. The molecule has 1 aliphatic rings. The Hall–Kier alpha value is -2.57. The van der Waals surface area contributed by atoms with Crippen molar-refractivity contribution in [2.24, 2.45) is 5.73 Å². The van der Waals surface area contributed by atoms with Gasteiger partial charge in [-0.3, -0.25) is 4.79 Å². The van der Waals surface area contributed by atoms with Gasteiger partial charge in [-0.05, 0) is 23.3 Å². The van der Waals surface area contributed by atoms with Gasteiger partial charge in [0.05, 0.1) is 5.56 Å². The van der Waals surface area contributed by atoms with E-state index in [0.717, 1.165) is 23.4 Å². The highest BCUT2D eigenvalue weighted by Crippen LogP contribution is 2.31. The van der Waals surface area contributed by atoms with E-state index in [9.17, 15) is 18.0 Å². The first-order valence-corrected chi connectivity index (χ1v) is 7.02. The van der Waals surface area contributed by atoms with Gasteiger partial charge in [0.25, 0.3) is 0 Å². The molecule has 2 heterocycles. The van der Waals surface area contributed by atoms with Crippen molar-refractivity contribution in [3.05, 3.63) is 59.3 Å². The predicted molar refractivity (Wildman–Crippen MR) is 78.6 cm³/mol. The number of carbonyl (C=O) groups is 1. The van der Waals surface area contributed by atoms with Crippen LogP contribution in [-0.2, 0) is 23.9 Å². The molecule has 0 fully saturated rings. The standard InChI is InChI=1S/C16H14F3N3O/c17-16(18,19)12-5-6-14(21-8-12)22-9-11-4-2-1-3-10(11)7-13(22)15(20)23/h1-6,8,13H,7,9H2,(H2,20,23)/t13-/m0/s1. The smallest absolute Gasteiger partial charge is 0.368 e. The van der Waals surface area contributed by atoms with Crippen LogP contribution in [0.25, 0.3) is 0 Å². The van der Waals surface area contributed by atoms with Gasteiger partial charge in [-0.25, -0.2) is 4.98 Å². The van der Waals surface area contributed by atoms with Crippen LogP contribution in [-0.4, -0.2) is 16.9 Å². The summed E-state index contributed by atoms with van der Waals surface area (Å²) in [6.07, 6.45) is -3.26. The summed E-state index contributed by atoms with van der Waals surface area (Å²) in [5, 5.41) is 0. The Labute approximate surface area is 130 Å². The molecule has 2 aromatic rings. The van der Waals surface area contributed by atoms with Crippen molar-refractivity contribution < 1.29 is 18.0 Å². The summed E-state index contributed by atoms with van der Waals surface area (Å²) >= 11 is 0. The summed E-state index contributed by atoms with van der Waals surface area (Å²) in [6.45, 7) is 0.377. The van der Waals surface area contributed by atoms with Crippen molar-refractivity contribution in [2.75, 3.05) is 4.90 Å². The van der Waals surface area contributed by atoms with Crippen molar-refractivity contribution in [1.82, 2.24) is 4.98 Å². The van der Waals surface area contributed by atoms with E-state index in [1.54, 1.807) is 4.90 Å². The van der Waals surface area contributed by atoms with E-state index in [1.807, 2.05) is 24.3 Å². The molecule has 1 aliphatic heterocycles. The third-order valence-corrected chi connectivity index (χ3v) is 3.95. The van der Waals surface area contributed by atoms with Gasteiger partial charge in [-0.2, -0.15) is 13.2 Å². The fraction of sp³-hybridized carbons (Fsp3) is 0.250. The van der Waals surface area contributed by atoms with Crippen LogP contribution in [0.2, 0.25) is 0 Å². The van der Waals surface area contributed by atoms with Crippen LogP contribution in [0.5, 0.6) is 0 Å². The number of primary amides is 1. The molecular weight excluding hydrogens is 307 g/mol. The SMILES string of the molecule is NC(=O)[C@@H]1Cc2ccccc2CN1c1ccc(C(F)(F)F)cn1. The lowest BCUT2D eigenvalue weighted by atomic mass is 9.93. The zero-order valence-electron chi connectivity index (χ0n) is 12.0. The summed E-state index contributed by atoms with van der Waals surface area (Å²) in [6, 6.07) is 9.19. The Balaban J connectivity index is 1.95. The van der Waals surface area contributed by atoms with Crippen molar-refractivity contribution in [2.45, 2.75) is 25.2 Å². The lowest BCUT2D eigenvalue weighted by Crippen LogP contribution is -2.49. The molecule has 1 atom stereocenters. The molecule has 0 saturated carbocycles. The first-order valence-electron chi connectivity index (χ1n) is 7.02. The molecule has 23 heavy (non-hydrogen) atoms. The second kappa shape index (κ2) is 5.57. The average Bonchev–Trinajstić information content (AvgIpc) is 2.53. The third-order valence-electron chi connectivity index (χ3n) is 3.95. The van der Waals surface area contributed by atoms with E-state index in [0.29, 0.717) is 18.8 Å². The fourth-order valence-electron chi connectivity index (χ4n) is 2.74. The van der Waals surface area contributed by atoms with Gasteiger partial charge in [0, 0.05) is 19.2 Å². The van der Waals surface area contributed by atoms with Gasteiger partial charge >= 0.3 is 6.18 Å². The number of hydrogen-bond donors (Lipinski definition) is 1. The Morgan fingerprint density at radius 1 is 1.17 bits per heavy atom. The summed E-state index contributed by atoms with van der Waals surface area (Å²) < 4.78 is 37.9. The number of carbonyl (C=O) groups excluding carboxylic acids is 1. The van der Waals surface area contributed by atoms with E-state index in [2.05, 4.69) is 4.98 Å². The normalized spacial score (nSPS) is 17.7. The first kappa shape index (κ1) is 15.3. The Morgan fingerprint density at radius 3 is 2.43 bits per heavy atom. The highest BCUT2D eigenvalue weighted by atomic mass is 19.4. The third kappa shape index (κ3) is 2.99. The Bertz CT molecular complexity index is 728. The molecule has 1 aromatic carbocycles. The van der Waals surface area contributed by atoms with Gasteiger partial charge < -0.3 is 10.6 Å². The maximum Gasteiger partial charge on any atom is 0.417 e. The van der Waals surface area contributed by atoms with Gasteiger partial charge in [-0.15, -0.1) is 0 Å². The molecule has 0 radical (unpaired) electrons. The molecule has 2 N–H and O–H groups in total. The van der Waals surface area contributed by atoms with Crippen LogP contribution < -0.4 is 10.6 Å². The minimum atomic E-state index is -4.44. The van der Waals surface area contributed by atoms with E-state index < -0.39 is 23.7 Å². The lowest BCUT2D eigenvalue weighted by Gasteiger charge is -2.36. The molecule has 1 aromatic heterocycles. The van der Waals surface area contributed by atoms with E-state index in [-0.39, 0.29) is 0 Å². The molecule has 1 amide bonds. The number of hydrogen-bond acceptors (Lipinski definition) is 3. The summed E-state index contributed by atoms with van der Waals surface area (Å²) in [7, 11) is 0. The quantitative estimate of drug-likeness (QED) is 0.924. The molecular formula is C16H14F3N3O. The van der Waals surface area contributed by atoms with E-state index >= 15 is 0 Å². The maximum absolute atomic E-state index is 12.6. The van der Waals surface area contributed by atoms with Gasteiger partial charge in [0.2, 0.25) is 5.91 Å². The van der Waals surface area contributed by atoms with Crippen LogP contribution in [0, 0.1) is 0 Å². The highest BCUT2D eigenvalue weighted by molar-refractivity contribution is 5.84. The molecule has 0 spiro atoms. The van der Waals surface area contributed by atoms with Crippen molar-refractivity contribution in [3.63, 3.8) is 0 Å². The summed E-state index contributed by atoms with van der Waals surface area (Å²) in [4.78, 5) is 17.3. The second-order valence-corrected chi connectivity index (χ2v) is 5.42. The summed E-state index contributed by atoms with van der Waals surface area (Å²) in [5.74, 6) is -0.225. The molecule has 0 unspecified atom stereocenters. The molecule has 7 heteroatoms. The number of alkyl halides is 3. The Morgan fingerprint density at radius 2 is 1.87 bits per heavy atom. The van der Waals surface area contributed by atoms with Crippen LogP contribution in [0.3, 0.4) is 0 Å². The second-order valence-electron chi connectivity index (χ2n) is 5.42. The van der Waals surface area contributed by atoms with Gasteiger partial charge in [0.15, 0.2) is 0 Å². The lowest BCUT2D eigenvalue weighted by molar-refractivity contribution is -0.137. The number of benzene rings is 1. The van der Waals surface area contributed by atoms with Crippen molar-refractivity contribution in [1.29, 1.82) is 0 Å². The highest BCUT2D eigenvalue weighted by Gasteiger charge is 2.33. The Kier molecular flexibility index (Phi) is 3.71. The fourth-order valence-corrected chi connectivity index (χ4v) is 2.74. The number of halogens is 3. The number of anilines is 1. The van der Waals surface area contributed by atoms with Crippen LogP contribution in [0.4, 0.5) is 19.0 Å². The first-order chi connectivity index (χ1) is 10.9. The number of fused-ring (bicyclic) bond motifs is 1. The van der Waals surface area contributed by atoms with Gasteiger partial charge in [-0.1, -0.05) is 24.3 Å². The van der Waals surface area contributed by atoms with Crippen LogP contribution in [0.15, 0.2) is 42.6 Å². The molecule has 0 saturated heterocycles. The zero-order valence-corrected chi connectivity index (χ0v) is 12.0. The van der Waals surface area contributed by atoms with E-state index in [1.165, 1.54) is 6.07 Å². The van der Waals surface area contributed by atoms with Gasteiger partial charge in [0.1, 0.15) is 11.9 Å². The largest absolute Gasteiger partial charge is 0.417 e. The predicted octanol–water partition coefficient (Wildman–Crippen LogP) is 2.52. The average molecular weight is 321 g/mol. The molecule has 4 nitrogen and oxygen atoms in total. The number of rotatable bonds is 2. The van der Waals surface area contributed by atoms with Crippen LogP contribution >= 0.6 is 0 Å². The number of amides is 1. The number of nitrogens with two attached hydrogens (primary N) is 1. The van der Waals surface area contributed by atoms with Crippen molar-refractivity contribution >= 4 is 11.7 Å². The van der Waals surface area contributed by atoms with E-state index in [4.69, 9.17) is 5.73 Å².